The Morgan fingerprint density at radius 3 is 2.48 bits per heavy atom. The zero-order chi connectivity index (χ0) is 28.4. The molecule has 0 spiro atoms. The van der Waals surface area contributed by atoms with Gasteiger partial charge in [-0.25, -0.2) is 24.1 Å². The van der Waals surface area contributed by atoms with E-state index in [4.69, 9.17) is 4.74 Å². The maximum Gasteiger partial charge on any atom is 0.433 e. The van der Waals surface area contributed by atoms with Crippen molar-refractivity contribution in [3.05, 3.63) is 77.4 Å². The third-order valence-electron chi connectivity index (χ3n) is 6.42. The number of aromatic nitrogens is 5. The van der Waals surface area contributed by atoms with Gasteiger partial charge in [-0.1, -0.05) is 12.1 Å². The first-order valence-corrected chi connectivity index (χ1v) is 12.3. The molecule has 0 unspecified atom stereocenters. The minimum absolute atomic E-state index is 0.0191. The Morgan fingerprint density at radius 1 is 1.10 bits per heavy atom. The number of hydrogen-bond acceptors (Lipinski definition) is 8. The second-order valence-corrected chi connectivity index (χ2v) is 8.91. The van der Waals surface area contributed by atoms with Crippen LogP contribution in [0.3, 0.4) is 0 Å². The van der Waals surface area contributed by atoms with E-state index in [1.54, 1.807) is 4.90 Å². The van der Waals surface area contributed by atoms with E-state index in [-0.39, 0.29) is 35.4 Å². The molecule has 11 nitrogen and oxygen atoms in total. The van der Waals surface area contributed by atoms with Crippen LogP contribution in [0.15, 0.2) is 66.1 Å². The van der Waals surface area contributed by atoms with Gasteiger partial charge in [0.05, 0.1) is 13.7 Å². The number of allylic oxidation sites excluding steroid dienone is 1. The van der Waals surface area contributed by atoms with Gasteiger partial charge in [0.25, 0.3) is 5.56 Å². The van der Waals surface area contributed by atoms with Crippen LogP contribution in [0.4, 0.5) is 35.3 Å². The fraction of sp³-hybridized carbons (Fsp3) is 0.269. The smallest absolute Gasteiger partial charge is 0.433 e. The number of alkyl halides is 3. The molecule has 0 saturated carbocycles. The molecule has 1 N–H and O–H groups in total. The van der Waals surface area contributed by atoms with Crippen LogP contribution in [0.1, 0.15) is 5.69 Å². The van der Waals surface area contributed by atoms with Gasteiger partial charge in [-0.05, 0) is 36.4 Å². The molecule has 1 aliphatic heterocycles. The molecule has 14 heteroatoms. The monoisotopic (exact) mass is 554 g/mol. The molecule has 1 aromatic carbocycles. The van der Waals surface area contributed by atoms with E-state index >= 15 is 0 Å². The van der Waals surface area contributed by atoms with Crippen LogP contribution in [-0.2, 0) is 17.5 Å². The number of piperazine rings is 1. The van der Waals surface area contributed by atoms with Crippen molar-refractivity contribution in [2.24, 2.45) is 0 Å². The summed E-state index contributed by atoms with van der Waals surface area (Å²) in [4.78, 5) is 41.0. The average molecular weight is 555 g/mol. The number of nitrogens with one attached hydrogen (secondary N) is 1. The molecule has 0 bridgehead atoms. The number of halogens is 3. The lowest BCUT2D eigenvalue weighted by Crippen LogP contribution is -2.48. The number of pyridine rings is 1. The van der Waals surface area contributed by atoms with E-state index in [9.17, 15) is 22.8 Å². The van der Waals surface area contributed by atoms with Crippen molar-refractivity contribution in [2.45, 2.75) is 12.7 Å². The zero-order valence-corrected chi connectivity index (χ0v) is 21.4. The highest BCUT2D eigenvalue weighted by Gasteiger charge is 2.33. The molecule has 208 valence electrons. The first-order valence-electron chi connectivity index (χ1n) is 12.3. The lowest BCUT2D eigenvalue weighted by atomic mass is 10.2. The molecule has 1 amide bonds. The zero-order valence-electron chi connectivity index (χ0n) is 21.4. The quantitative estimate of drug-likeness (QED) is 0.359. The van der Waals surface area contributed by atoms with Crippen molar-refractivity contribution < 1.29 is 22.7 Å². The second-order valence-electron chi connectivity index (χ2n) is 8.91. The number of carbonyl (C=O) groups is 1. The molecule has 1 saturated heterocycles. The van der Waals surface area contributed by atoms with Crippen LogP contribution < -0.4 is 15.8 Å². The molecule has 0 radical (unpaired) electrons. The predicted octanol–water partition coefficient (Wildman–Crippen LogP) is 3.81. The molecule has 5 rings (SSSR count). The number of methoxy groups -OCH3 is 1. The van der Waals surface area contributed by atoms with E-state index in [1.807, 2.05) is 24.3 Å². The van der Waals surface area contributed by atoms with Crippen LogP contribution in [-0.4, -0.2) is 68.6 Å². The van der Waals surface area contributed by atoms with Crippen molar-refractivity contribution in [2.75, 3.05) is 43.5 Å². The van der Waals surface area contributed by atoms with Gasteiger partial charge in [0.15, 0.2) is 11.5 Å². The Hall–Kier alpha value is -4.88. The molecule has 40 heavy (non-hydrogen) atoms. The number of carbonyl (C=O) groups excluding carboxylic acids is 1. The number of anilines is 3. The highest BCUT2D eigenvalue weighted by atomic mass is 19.4. The molecule has 0 atom stereocenters. The fourth-order valence-electron chi connectivity index (χ4n) is 4.47. The number of hydrogen-bond donors (Lipinski definition) is 1. The maximum absolute atomic E-state index is 13.4. The molecule has 0 aliphatic carbocycles. The van der Waals surface area contributed by atoms with Crippen LogP contribution in [0.25, 0.3) is 16.9 Å². The number of benzene rings is 1. The van der Waals surface area contributed by atoms with Crippen molar-refractivity contribution in [1.29, 1.82) is 0 Å². The molecule has 4 heterocycles. The summed E-state index contributed by atoms with van der Waals surface area (Å²) in [5, 5.41) is 3.19. The largest absolute Gasteiger partial charge is 0.453 e. The highest BCUT2D eigenvalue weighted by Crippen LogP contribution is 2.28. The standard InChI is InChI=1S/C26H25F3N8O3/c1-3-11-36-23(38)19-16-30-24(33-22(19)37(36)21-6-4-5-20(32-21)26(27,28)29)31-17-7-9-18(10-8-17)34-12-14-35(15-13-34)25(39)40-2/h3-10,16H,1,11-15H2,2H3,(H,30,31,33). The Labute approximate surface area is 226 Å². The first kappa shape index (κ1) is 26.7. The Morgan fingerprint density at radius 2 is 1.82 bits per heavy atom. The Balaban J connectivity index is 1.42. The first-order chi connectivity index (χ1) is 19.2. The Kier molecular flexibility index (Phi) is 7.15. The second kappa shape index (κ2) is 10.7. The fourth-order valence-corrected chi connectivity index (χ4v) is 4.47. The van der Waals surface area contributed by atoms with Crippen LogP contribution in [0.2, 0.25) is 0 Å². The minimum Gasteiger partial charge on any atom is -0.453 e. The molecule has 1 aliphatic rings. The summed E-state index contributed by atoms with van der Waals surface area (Å²) in [6, 6.07) is 10.9. The average Bonchev–Trinajstić information content (AvgIpc) is 3.23. The van der Waals surface area contributed by atoms with Gasteiger partial charge in [-0.15, -0.1) is 6.58 Å². The van der Waals surface area contributed by atoms with Crippen molar-refractivity contribution in [3.63, 3.8) is 0 Å². The summed E-state index contributed by atoms with van der Waals surface area (Å²) in [5.74, 6) is 0.0218. The topological polar surface area (TPSA) is 110 Å². The third kappa shape index (κ3) is 5.19. The van der Waals surface area contributed by atoms with Gasteiger partial charge in [-0.3, -0.25) is 4.79 Å². The van der Waals surface area contributed by atoms with Crippen LogP contribution in [0, 0.1) is 0 Å². The van der Waals surface area contributed by atoms with E-state index in [1.165, 1.54) is 40.9 Å². The van der Waals surface area contributed by atoms with Gasteiger partial charge in [0, 0.05) is 43.8 Å². The molecular formula is C26H25F3N8O3. The predicted molar refractivity (Wildman–Crippen MR) is 142 cm³/mol. The van der Waals surface area contributed by atoms with Gasteiger partial charge in [0.2, 0.25) is 5.95 Å². The SMILES string of the molecule is C=CCn1c(=O)c2cnc(Nc3ccc(N4CCN(C(=O)OC)CC4)cc3)nc2n1-c1cccc(C(F)(F)F)n1. The van der Waals surface area contributed by atoms with Crippen molar-refractivity contribution in [3.8, 4) is 5.82 Å². The number of nitrogens with zero attached hydrogens (tertiary/aromatic N) is 7. The minimum atomic E-state index is -4.66. The molecule has 3 aromatic heterocycles. The Bertz CT molecular complexity index is 1610. The molecule has 4 aromatic rings. The lowest BCUT2D eigenvalue weighted by molar-refractivity contribution is -0.141. The van der Waals surface area contributed by atoms with Crippen LogP contribution in [0.5, 0.6) is 0 Å². The van der Waals surface area contributed by atoms with Crippen molar-refractivity contribution in [1.82, 2.24) is 29.2 Å². The van der Waals surface area contributed by atoms with Crippen molar-refractivity contribution >= 4 is 34.4 Å². The van der Waals surface area contributed by atoms with Gasteiger partial charge in [-0.2, -0.15) is 18.2 Å². The summed E-state index contributed by atoms with van der Waals surface area (Å²) in [7, 11) is 1.36. The summed E-state index contributed by atoms with van der Waals surface area (Å²) >= 11 is 0. The van der Waals surface area contributed by atoms with Crippen LogP contribution >= 0.6 is 0 Å². The highest BCUT2D eigenvalue weighted by molar-refractivity contribution is 5.77. The number of fused-ring (bicyclic) bond motifs is 1. The van der Waals surface area contributed by atoms with E-state index < -0.39 is 17.4 Å². The summed E-state index contributed by atoms with van der Waals surface area (Å²) < 4.78 is 47.3. The normalized spacial score (nSPS) is 13.9. The van der Waals surface area contributed by atoms with E-state index in [2.05, 4.69) is 31.7 Å². The number of rotatable bonds is 6. The molecular weight excluding hydrogens is 529 g/mol. The summed E-state index contributed by atoms with van der Waals surface area (Å²) in [5.41, 5.74) is 0.141. The van der Waals surface area contributed by atoms with E-state index in [0.29, 0.717) is 31.9 Å². The number of amides is 1. The summed E-state index contributed by atoms with van der Waals surface area (Å²) in [6.07, 6.45) is -2.23. The third-order valence-corrected chi connectivity index (χ3v) is 6.42. The van der Waals surface area contributed by atoms with Gasteiger partial charge >= 0.3 is 12.3 Å². The lowest BCUT2D eigenvalue weighted by Gasteiger charge is -2.35. The van der Waals surface area contributed by atoms with Gasteiger partial charge in [0.1, 0.15) is 11.1 Å². The summed E-state index contributed by atoms with van der Waals surface area (Å²) in [6.45, 7) is 6.07. The maximum atomic E-state index is 13.4. The van der Waals surface area contributed by atoms with E-state index in [0.717, 1.165) is 11.8 Å². The molecule has 1 fully saturated rings. The van der Waals surface area contributed by atoms with Gasteiger partial charge < -0.3 is 19.9 Å². The number of ether oxygens (including phenoxy) is 1.